The van der Waals surface area contributed by atoms with Crippen molar-refractivity contribution in [3.8, 4) is 5.75 Å². The van der Waals surface area contributed by atoms with Crippen LogP contribution in [0.25, 0.3) is 0 Å². The highest BCUT2D eigenvalue weighted by Gasteiger charge is 2.16. The largest absolute Gasteiger partial charge is 0.494 e. The number of ether oxygens (including phenoxy) is 1. The van der Waals surface area contributed by atoms with Crippen LogP contribution in [-0.4, -0.2) is 23.4 Å². The van der Waals surface area contributed by atoms with Crippen molar-refractivity contribution >= 4 is 0 Å². The van der Waals surface area contributed by atoms with E-state index in [1.54, 1.807) is 0 Å². The fourth-order valence-corrected chi connectivity index (χ4v) is 2.40. The smallest absolute Gasteiger partial charge is 0.119 e. The molecule has 4 nitrogen and oxygen atoms in total. The SMILES string of the molecule is CCCn1nccc1C(NC)c1ccc(OCC)cc1. The van der Waals surface area contributed by atoms with Crippen LogP contribution in [0, 0.1) is 0 Å². The lowest BCUT2D eigenvalue weighted by Crippen LogP contribution is -2.21. The molecular weight excluding hydrogens is 250 g/mol. The first-order valence-corrected chi connectivity index (χ1v) is 7.21. The van der Waals surface area contributed by atoms with Gasteiger partial charge < -0.3 is 10.1 Å². The van der Waals surface area contributed by atoms with Crippen LogP contribution in [0.1, 0.15) is 37.6 Å². The summed E-state index contributed by atoms with van der Waals surface area (Å²) in [7, 11) is 1.98. The molecule has 1 atom stereocenters. The quantitative estimate of drug-likeness (QED) is 0.843. The normalized spacial score (nSPS) is 12.3. The zero-order chi connectivity index (χ0) is 14.4. The van der Waals surface area contributed by atoms with Crippen molar-refractivity contribution in [1.29, 1.82) is 0 Å². The van der Waals surface area contributed by atoms with Crippen molar-refractivity contribution in [2.75, 3.05) is 13.7 Å². The van der Waals surface area contributed by atoms with Crippen LogP contribution in [0.5, 0.6) is 5.75 Å². The van der Waals surface area contributed by atoms with Crippen LogP contribution < -0.4 is 10.1 Å². The van der Waals surface area contributed by atoms with Crippen molar-refractivity contribution in [2.24, 2.45) is 0 Å². The summed E-state index contributed by atoms with van der Waals surface area (Å²) in [6, 6.07) is 10.5. The number of hydrogen-bond donors (Lipinski definition) is 1. The molecule has 0 radical (unpaired) electrons. The molecule has 0 saturated heterocycles. The van der Waals surface area contributed by atoms with E-state index in [1.165, 1.54) is 11.3 Å². The van der Waals surface area contributed by atoms with Gasteiger partial charge in [0.05, 0.1) is 18.3 Å². The van der Waals surface area contributed by atoms with Crippen LogP contribution in [0.15, 0.2) is 36.5 Å². The standard InChI is InChI=1S/C16H23N3O/c1-4-12-19-15(10-11-18-19)16(17-3)13-6-8-14(9-7-13)20-5-2/h6-11,16-17H,4-5,12H2,1-3H3. The molecular formula is C16H23N3O. The minimum Gasteiger partial charge on any atom is -0.494 e. The molecule has 0 bridgehead atoms. The second-order valence-corrected chi connectivity index (χ2v) is 4.70. The average Bonchev–Trinajstić information content (AvgIpc) is 2.91. The van der Waals surface area contributed by atoms with Crippen molar-refractivity contribution < 1.29 is 4.74 Å². The molecule has 0 amide bonds. The maximum absolute atomic E-state index is 5.49. The molecule has 2 aromatic rings. The highest BCUT2D eigenvalue weighted by molar-refractivity contribution is 5.33. The minimum absolute atomic E-state index is 0.153. The van der Waals surface area contributed by atoms with Crippen molar-refractivity contribution in [2.45, 2.75) is 32.9 Å². The predicted octanol–water partition coefficient (Wildman–Crippen LogP) is 3.00. The Bertz CT molecular complexity index is 519. The van der Waals surface area contributed by atoms with Gasteiger partial charge in [0.25, 0.3) is 0 Å². The van der Waals surface area contributed by atoms with Gasteiger partial charge in [0.2, 0.25) is 0 Å². The van der Waals surface area contributed by atoms with Gasteiger partial charge in [-0.3, -0.25) is 4.68 Å². The first-order chi connectivity index (χ1) is 9.80. The van der Waals surface area contributed by atoms with Crippen molar-refractivity contribution in [1.82, 2.24) is 15.1 Å². The molecule has 0 aliphatic heterocycles. The first kappa shape index (κ1) is 14.6. The van der Waals surface area contributed by atoms with Gasteiger partial charge in [-0.1, -0.05) is 19.1 Å². The lowest BCUT2D eigenvalue weighted by atomic mass is 10.0. The van der Waals surface area contributed by atoms with Crippen LogP contribution in [-0.2, 0) is 6.54 Å². The summed E-state index contributed by atoms with van der Waals surface area (Å²) in [4.78, 5) is 0. The van der Waals surface area contributed by atoms with Gasteiger partial charge in [0.15, 0.2) is 0 Å². The molecule has 2 rings (SSSR count). The lowest BCUT2D eigenvalue weighted by molar-refractivity contribution is 0.340. The van der Waals surface area contributed by atoms with Gasteiger partial charge in [-0.2, -0.15) is 5.10 Å². The van der Waals surface area contributed by atoms with Crippen molar-refractivity contribution in [3.63, 3.8) is 0 Å². The Balaban J connectivity index is 2.24. The third-order valence-corrected chi connectivity index (χ3v) is 3.29. The minimum atomic E-state index is 0.153. The number of benzene rings is 1. The summed E-state index contributed by atoms with van der Waals surface area (Å²) in [5.41, 5.74) is 2.41. The molecule has 0 aliphatic rings. The van der Waals surface area contributed by atoms with E-state index in [9.17, 15) is 0 Å². The molecule has 0 saturated carbocycles. The zero-order valence-corrected chi connectivity index (χ0v) is 12.5. The van der Waals surface area contributed by atoms with E-state index in [0.717, 1.165) is 18.7 Å². The molecule has 1 unspecified atom stereocenters. The zero-order valence-electron chi connectivity index (χ0n) is 12.5. The molecule has 108 valence electrons. The fourth-order valence-electron chi connectivity index (χ4n) is 2.40. The molecule has 0 spiro atoms. The maximum Gasteiger partial charge on any atom is 0.119 e. The summed E-state index contributed by atoms with van der Waals surface area (Å²) in [6.45, 7) is 5.79. The van der Waals surface area contributed by atoms with Gasteiger partial charge in [-0.25, -0.2) is 0 Å². The molecule has 0 aliphatic carbocycles. The number of nitrogens with zero attached hydrogens (tertiary/aromatic N) is 2. The van der Waals surface area contributed by atoms with Gasteiger partial charge in [0, 0.05) is 12.7 Å². The lowest BCUT2D eigenvalue weighted by Gasteiger charge is -2.18. The van der Waals surface area contributed by atoms with Crippen LogP contribution in [0.4, 0.5) is 0 Å². The fraction of sp³-hybridized carbons (Fsp3) is 0.438. The average molecular weight is 273 g/mol. The van der Waals surface area contributed by atoms with Crippen LogP contribution >= 0.6 is 0 Å². The molecule has 4 heteroatoms. The topological polar surface area (TPSA) is 39.1 Å². The summed E-state index contributed by atoms with van der Waals surface area (Å²) >= 11 is 0. The monoisotopic (exact) mass is 273 g/mol. The number of rotatable bonds is 7. The highest BCUT2D eigenvalue weighted by atomic mass is 16.5. The van der Waals surface area contributed by atoms with Gasteiger partial charge in [0.1, 0.15) is 5.75 Å². The maximum atomic E-state index is 5.49. The van der Waals surface area contributed by atoms with E-state index in [-0.39, 0.29) is 6.04 Å². The third kappa shape index (κ3) is 3.20. The molecule has 1 aromatic carbocycles. The Morgan fingerprint density at radius 1 is 1.20 bits per heavy atom. The number of aryl methyl sites for hydroxylation is 1. The van der Waals surface area contributed by atoms with Crippen molar-refractivity contribution in [3.05, 3.63) is 47.8 Å². The Morgan fingerprint density at radius 2 is 1.95 bits per heavy atom. The second-order valence-electron chi connectivity index (χ2n) is 4.70. The van der Waals surface area contributed by atoms with E-state index in [4.69, 9.17) is 4.74 Å². The molecule has 1 heterocycles. The molecule has 20 heavy (non-hydrogen) atoms. The van der Waals surface area contributed by atoms with Gasteiger partial charge >= 0.3 is 0 Å². The summed E-state index contributed by atoms with van der Waals surface area (Å²) < 4.78 is 7.56. The van der Waals surface area contributed by atoms with Gasteiger partial charge in [-0.15, -0.1) is 0 Å². The van der Waals surface area contributed by atoms with E-state index in [0.29, 0.717) is 6.61 Å². The Labute approximate surface area is 120 Å². The highest BCUT2D eigenvalue weighted by Crippen LogP contribution is 2.24. The van der Waals surface area contributed by atoms with Crippen LogP contribution in [0.2, 0.25) is 0 Å². The molecule has 0 fully saturated rings. The summed E-state index contributed by atoms with van der Waals surface area (Å²) in [6.07, 6.45) is 2.94. The molecule has 1 aromatic heterocycles. The Kier molecular flexibility index (Phi) is 5.18. The molecule has 1 N–H and O–H groups in total. The van der Waals surface area contributed by atoms with E-state index < -0.39 is 0 Å². The number of aromatic nitrogens is 2. The third-order valence-electron chi connectivity index (χ3n) is 3.29. The Hall–Kier alpha value is -1.81. The van der Waals surface area contributed by atoms with E-state index in [1.807, 2.05) is 32.3 Å². The van der Waals surface area contributed by atoms with E-state index >= 15 is 0 Å². The van der Waals surface area contributed by atoms with E-state index in [2.05, 4.69) is 40.2 Å². The van der Waals surface area contributed by atoms with Crippen LogP contribution in [0.3, 0.4) is 0 Å². The first-order valence-electron chi connectivity index (χ1n) is 7.21. The Morgan fingerprint density at radius 3 is 2.55 bits per heavy atom. The second kappa shape index (κ2) is 7.10. The van der Waals surface area contributed by atoms with Gasteiger partial charge in [-0.05, 0) is 44.2 Å². The predicted molar refractivity (Wildman–Crippen MR) is 81.0 cm³/mol. The number of nitrogens with one attached hydrogen (secondary N) is 1. The summed E-state index contributed by atoms with van der Waals surface area (Å²) in [5, 5.41) is 7.77. The number of hydrogen-bond acceptors (Lipinski definition) is 3. The summed E-state index contributed by atoms with van der Waals surface area (Å²) in [5.74, 6) is 0.910.